The molecule has 3 nitrogen and oxygen atoms in total. The Morgan fingerprint density at radius 2 is 2.33 bits per heavy atom. The molecule has 2 aromatic rings. The fourth-order valence-electron chi connectivity index (χ4n) is 1.78. The van der Waals surface area contributed by atoms with Gasteiger partial charge in [-0.2, -0.15) is 0 Å². The summed E-state index contributed by atoms with van der Waals surface area (Å²) < 4.78 is 4.70. The molecule has 1 heterocycles. The number of benzene rings is 1. The minimum absolute atomic E-state index is 0.431. The van der Waals surface area contributed by atoms with Crippen molar-refractivity contribution in [2.75, 3.05) is 6.61 Å². The van der Waals surface area contributed by atoms with Gasteiger partial charge in [0.15, 0.2) is 0 Å². The Balaban J connectivity index is 2.30. The molecule has 3 heteroatoms. The molecular formula is C12H13NO2. The molecule has 0 radical (unpaired) electrons. The smallest absolute Gasteiger partial charge is 0.293 e. The summed E-state index contributed by atoms with van der Waals surface area (Å²) in [5.41, 5.74) is 3.56. The number of rotatable bonds is 4. The minimum atomic E-state index is 0.431. The summed E-state index contributed by atoms with van der Waals surface area (Å²) in [7, 11) is 0. The number of fused-ring (bicyclic) bond motifs is 1. The zero-order valence-electron chi connectivity index (χ0n) is 8.62. The Hall–Kier alpha value is -1.77. The lowest BCUT2D eigenvalue weighted by Gasteiger charge is -2.02. The fraction of sp³-hybridized carbons (Fsp3) is 0.250. The Labute approximate surface area is 88.1 Å². The monoisotopic (exact) mass is 203 g/mol. The van der Waals surface area contributed by atoms with Crippen molar-refractivity contribution in [1.29, 1.82) is 0 Å². The third-order valence-electron chi connectivity index (χ3n) is 2.57. The number of H-pyrrole nitrogens is 1. The molecule has 0 amide bonds. The van der Waals surface area contributed by atoms with Crippen LogP contribution in [0.25, 0.3) is 10.9 Å². The third-order valence-corrected chi connectivity index (χ3v) is 2.57. The highest BCUT2D eigenvalue weighted by Gasteiger charge is 2.04. The van der Waals surface area contributed by atoms with E-state index >= 15 is 0 Å². The summed E-state index contributed by atoms with van der Waals surface area (Å²) in [6, 6.07) is 6.16. The summed E-state index contributed by atoms with van der Waals surface area (Å²) >= 11 is 0. The van der Waals surface area contributed by atoms with Crippen molar-refractivity contribution in [2.24, 2.45) is 0 Å². The first-order valence-electron chi connectivity index (χ1n) is 4.94. The van der Waals surface area contributed by atoms with Crippen LogP contribution >= 0.6 is 0 Å². The molecule has 0 aliphatic carbocycles. The van der Waals surface area contributed by atoms with Crippen molar-refractivity contribution in [3.8, 4) is 0 Å². The lowest BCUT2D eigenvalue weighted by atomic mass is 10.1. The zero-order valence-corrected chi connectivity index (χ0v) is 8.62. The number of hydrogen-bond acceptors (Lipinski definition) is 2. The van der Waals surface area contributed by atoms with E-state index in [1.165, 1.54) is 16.5 Å². The molecule has 0 aliphatic rings. The average Bonchev–Trinajstić information content (AvgIpc) is 2.62. The van der Waals surface area contributed by atoms with E-state index < -0.39 is 0 Å². The minimum Gasteiger partial charge on any atom is -0.468 e. The van der Waals surface area contributed by atoms with Gasteiger partial charge in [0, 0.05) is 23.5 Å². The molecule has 1 N–H and O–H groups in total. The van der Waals surface area contributed by atoms with Crippen LogP contribution in [0.3, 0.4) is 0 Å². The van der Waals surface area contributed by atoms with E-state index in [2.05, 4.69) is 18.0 Å². The van der Waals surface area contributed by atoms with Crippen LogP contribution in [0.5, 0.6) is 0 Å². The van der Waals surface area contributed by atoms with E-state index in [9.17, 15) is 4.79 Å². The topological polar surface area (TPSA) is 42.1 Å². The van der Waals surface area contributed by atoms with Crippen LogP contribution in [0.2, 0.25) is 0 Å². The van der Waals surface area contributed by atoms with Crippen molar-refractivity contribution >= 4 is 17.4 Å². The average molecular weight is 203 g/mol. The molecule has 15 heavy (non-hydrogen) atoms. The summed E-state index contributed by atoms with van der Waals surface area (Å²) in [6.07, 6.45) is 2.74. The van der Waals surface area contributed by atoms with Crippen molar-refractivity contribution in [3.05, 3.63) is 35.5 Å². The fourth-order valence-corrected chi connectivity index (χ4v) is 1.78. The number of aromatic amines is 1. The van der Waals surface area contributed by atoms with Gasteiger partial charge in [0.2, 0.25) is 0 Å². The van der Waals surface area contributed by atoms with E-state index in [1.54, 1.807) is 0 Å². The van der Waals surface area contributed by atoms with E-state index in [-0.39, 0.29) is 0 Å². The molecule has 0 atom stereocenters. The van der Waals surface area contributed by atoms with Gasteiger partial charge in [0.05, 0.1) is 6.61 Å². The first-order valence-corrected chi connectivity index (χ1v) is 4.94. The second-order valence-electron chi connectivity index (χ2n) is 3.53. The Bertz CT molecular complexity index is 473. The summed E-state index contributed by atoms with van der Waals surface area (Å²) in [6.45, 7) is 2.99. The second kappa shape index (κ2) is 4.17. The van der Waals surface area contributed by atoms with Gasteiger partial charge in [-0.3, -0.25) is 4.79 Å². The van der Waals surface area contributed by atoms with Gasteiger partial charge in [0.1, 0.15) is 0 Å². The maximum Gasteiger partial charge on any atom is 0.293 e. The third kappa shape index (κ3) is 1.86. The highest BCUT2D eigenvalue weighted by atomic mass is 16.5. The molecule has 0 fully saturated rings. The van der Waals surface area contributed by atoms with E-state index in [0.717, 1.165) is 11.9 Å². The van der Waals surface area contributed by atoms with Gasteiger partial charge < -0.3 is 9.72 Å². The van der Waals surface area contributed by atoms with Gasteiger partial charge >= 0.3 is 0 Å². The van der Waals surface area contributed by atoms with Crippen LogP contribution in [0.1, 0.15) is 11.1 Å². The van der Waals surface area contributed by atoms with Gasteiger partial charge in [0.25, 0.3) is 6.47 Å². The van der Waals surface area contributed by atoms with Gasteiger partial charge in [-0.15, -0.1) is 0 Å². The predicted molar refractivity (Wildman–Crippen MR) is 58.8 cm³/mol. The second-order valence-corrected chi connectivity index (χ2v) is 3.53. The summed E-state index contributed by atoms with van der Waals surface area (Å²) in [4.78, 5) is 13.3. The lowest BCUT2D eigenvalue weighted by molar-refractivity contribution is -0.128. The van der Waals surface area contributed by atoms with Crippen molar-refractivity contribution in [1.82, 2.24) is 4.98 Å². The Kier molecular flexibility index (Phi) is 2.72. The zero-order chi connectivity index (χ0) is 10.7. The molecule has 0 saturated carbocycles. The number of hydrogen-bond donors (Lipinski definition) is 1. The number of ether oxygens (including phenoxy) is 1. The normalized spacial score (nSPS) is 10.5. The number of aryl methyl sites for hydroxylation is 1. The van der Waals surface area contributed by atoms with Crippen LogP contribution in [0.15, 0.2) is 24.4 Å². The van der Waals surface area contributed by atoms with Crippen molar-refractivity contribution in [3.63, 3.8) is 0 Å². The van der Waals surface area contributed by atoms with Crippen molar-refractivity contribution in [2.45, 2.75) is 13.3 Å². The molecule has 1 aromatic heterocycles. The van der Waals surface area contributed by atoms with Crippen molar-refractivity contribution < 1.29 is 9.53 Å². The number of carbonyl (C=O) groups excluding carboxylic acids is 1. The standard InChI is InChI=1S/C12H13NO2/c1-9-7-13-12-10(5-6-15-8-14)3-2-4-11(9)12/h2-4,7-8,13H,5-6H2,1H3. The van der Waals surface area contributed by atoms with Crippen LogP contribution in [0, 0.1) is 6.92 Å². The summed E-state index contributed by atoms with van der Waals surface area (Å²) in [5.74, 6) is 0. The maximum absolute atomic E-state index is 10.0. The van der Waals surface area contributed by atoms with Crippen LogP contribution in [-0.4, -0.2) is 18.1 Å². The van der Waals surface area contributed by atoms with E-state index in [1.807, 2.05) is 18.3 Å². The molecule has 0 spiro atoms. The SMILES string of the molecule is Cc1c[nH]c2c(CCOC=O)cccc12. The van der Waals surface area contributed by atoms with Gasteiger partial charge in [-0.05, 0) is 18.1 Å². The molecule has 0 aliphatic heterocycles. The Morgan fingerprint density at radius 1 is 1.47 bits per heavy atom. The number of nitrogens with one attached hydrogen (secondary N) is 1. The molecular weight excluding hydrogens is 190 g/mol. The number of para-hydroxylation sites is 1. The van der Waals surface area contributed by atoms with Gasteiger partial charge in [-0.25, -0.2) is 0 Å². The van der Waals surface area contributed by atoms with Crippen LogP contribution in [-0.2, 0) is 16.0 Å². The van der Waals surface area contributed by atoms with E-state index in [4.69, 9.17) is 4.74 Å². The number of aromatic nitrogens is 1. The molecule has 2 rings (SSSR count). The molecule has 0 bridgehead atoms. The first kappa shape index (κ1) is 9.77. The van der Waals surface area contributed by atoms with E-state index in [0.29, 0.717) is 13.1 Å². The van der Waals surface area contributed by atoms with Crippen LogP contribution in [0.4, 0.5) is 0 Å². The highest BCUT2D eigenvalue weighted by Crippen LogP contribution is 2.21. The number of carbonyl (C=O) groups is 1. The van der Waals surface area contributed by atoms with Gasteiger partial charge in [-0.1, -0.05) is 18.2 Å². The quantitative estimate of drug-likeness (QED) is 0.611. The molecule has 1 aromatic carbocycles. The highest BCUT2D eigenvalue weighted by molar-refractivity contribution is 5.85. The Morgan fingerprint density at radius 3 is 3.13 bits per heavy atom. The first-order chi connectivity index (χ1) is 7.33. The molecule has 78 valence electrons. The molecule has 0 unspecified atom stereocenters. The lowest BCUT2D eigenvalue weighted by Crippen LogP contribution is -1.97. The maximum atomic E-state index is 10.0. The summed E-state index contributed by atoms with van der Waals surface area (Å²) in [5, 5.41) is 1.23. The van der Waals surface area contributed by atoms with Crippen LogP contribution < -0.4 is 0 Å². The predicted octanol–water partition coefficient (Wildman–Crippen LogP) is 2.19. The largest absolute Gasteiger partial charge is 0.468 e. The molecule has 0 saturated heterocycles.